The molecule has 1 heterocycles. The van der Waals surface area contributed by atoms with Crippen LogP contribution in [0.5, 0.6) is 0 Å². The van der Waals surface area contributed by atoms with E-state index in [0.29, 0.717) is 0 Å². The highest BCUT2D eigenvalue weighted by atomic mass is 127. The maximum Gasteiger partial charge on any atom is 0.343 e. The van der Waals surface area contributed by atoms with E-state index in [-0.39, 0.29) is 9.28 Å². The second kappa shape index (κ2) is 3.31. The number of cyclic esters (lactones) is 1. The molecule has 0 saturated carbocycles. The molecule has 1 saturated heterocycles. The third kappa shape index (κ3) is 1.39. The van der Waals surface area contributed by atoms with Crippen molar-refractivity contribution in [1.29, 1.82) is 0 Å². The highest BCUT2D eigenvalue weighted by Gasteiger charge is 2.58. The Kier molecular flexibility index (Phi) is 2.75. The summed E-state index contributed by atoms with van der Waals surface area (Å²) >= 11 is 1.73. The minimum absolute atomic E-state index is 0.0186. The summed E-state index contributed by atoms with van der Waals surface area (Å²) in [6.07, 6.45) is 0. The molecule has 0 unspecified atom stereocenters. The maximum atomic E-state index is 11.4. The lowest BCUT2D eigenvalue weighted by Gasteiger charge is -2.33. The molecule has 1 fully saturated rings. The normalized spacial score (nSPS) is 34.2. The molecule has 1 aliphatic heterocycles. The molecule has 7 nitrogen and oxygen atoms in total. The van der Waals surface area contributed by atoms with E-state index in [1.165, 1.54) is 7.05 Å². The fourth-order valence-corrected chi connectivity index (χ4v) is 1.86. The van der Waals surface area contributed by atoms with E-state index in [1.807, 2.05) is 0 Å². The van der Waals surface area contributed by atoms with Crippen LogP contribution >= 0.6 is 22.6 Å². The van der Waals surface area contributed by atoms with Gasteiger partial charge in [-0.25, -0.2) is 4.79 Å². The summed E-state index contributed by atoms with van der Waals surface area (Å²) in [7, 11) is 1.48. The molecule has 0 aromatic rings. The summed E-state index contributed by atoms with van der Waals surface area (Å²) in [5.74, 6) is -2.34. The Hall–Kier alpha value is -0.420. The van der Waals surface area contributed by atoms with E-state index in [0.717, 1.165) is 0 Å². The summed E-state index contributed by atoms with van der Waals surface area (Å²) in [6, 6.07) is 0. The van der Waals surface area contributed by atoms with Crippen molar-refractivity contribution in [2.45, 2.75) is 11.5 Å². The van der Waals surface area contributed by atoms with Crippen LogP contribution in [0.4, 0.5) is 0 Å². The standard InChI is InChI=1S/C6H12IN5O2/c1-12-6(11)5(9,10)2(3(7)8)4(13)14-6/h12H,8-11H2,1H3/b3-2-/t6-/m0/s1. The molecule has 0 aromatic heterocycles. The topological polar surface area (TPSA) is 142 Å². The summed E-state index contributed by atoms with van der Waals surface area (Å²) in [6.45, 7) is 0. The monoisotopic (exact) mass is 313 g/mol. The van der Waals surface area contributed by atoms with Crippen LogP contribution in [0.3, 0.4) is 0 Å². The summed E-state index contributed by atoms with van der Waals surface area (Å²) in [5.41, 5.74) is 20.9. The number of likely N-dealkylation sites (N-methyl/N-ethyl adjacent to an activating group) is 1. The molecule has 0 aromatic carbocycles. The maximum absolute atomic E-state index is 11.4. The minimum atomic E-state index is -1.65. The van der Waals surface area contributed by atoms with E-state index < -0.39 is 17.5 Å². The minimum Gasteiger partial charge on any atom is -0.423 e. The number of nitrogens with two attached hydrogens (primary N) is 4. The molecule has 80 valence electrons. The fourth-order valence-electron chi connectivity index (χ4n) is 1.19. The van der Waals surface area contributed by atoms with E-state index in [2.05, 4.69) is 5.32 Å². The van der Waals surface area contributed by atoms with Crippen LogP contribution in [0, 0.1) is 0 Å². The molecule has 0 amide bonds. The number of ether oxygens (including phenoxy) is 1. The van der Waals surface area contributed by atoms with Crippen LogP contribution in [-0.4, -0.2) is 24.5 Å². The largest absolute Gasteiger partial charge is 0.423 e. The first-order chi connectivity index (χ1) is 6.26. The Morgan fingerprint density at radius 3 is 2.21 bits per heavy atom. The molecular weight excluding hydrogens is 301 g/mol. The van der Waals surface area contributed by atoms with Crippen LogP contribution in [-0.2, 0) is 9.53 Å². The van der Waals surface area contributed by atoms with Crippen LogP contribution in [0.25, 0.3) is 0 Å². The Morgan fingerprint density at radius 2 is 2.00 bits per heavy atom. The van der Waals surface area contributed by atoms with Crippen molar-refractivity contribution in [3.05, 3.63) is 9.28 Å². The number of halogens is 1. The lowest BCUT2D eigenvalue weighted by molar-refractivity contribution is -0.151. The highest BCUT2D eigenvalue weighted by molar-refractivity contribution is 14.1. The average Bonchev–Trinajstić information content (AvgIpc) is 2.18. The molecule has 14 heavy (non-hydrogen) atoms. The van der Waals surface area contributed by atoms with Crippen LogP contribution in [0.1, 0.15) is 0 Å². The van der Waals surface area contributed by atoms with Gasteiger partial charge in [0.15, 0.2) is 5.66 Å². The van der Waals surface area contributed by atoms with Crippen molar-refractivity contribution in [3.8, 4) is 0 Å². The van der Waals surface area contributed by atoms with Gasteiger partial charge in [0.2, 0.25) is 0 Å². The molecule has 8 heteroatoms. The zero-order valence-corrected chi connectivity index (χ0v) is 9.66. The number of carbonyl (C=O) groups excluding carboxylic acids is 1. The molecule has 9 N–H and O–H groups in total. The van der Waals surface area contributed by atoms with Crippen molar-refractivity contribution < 1.29 is 9.53 Å². The number of rotatable bonds is 1. The molecule has 1 rings (SSSR count). The molecule has 1 atom stereocenters. The quantitative estimate of drug-likeness (QED) is 0.119. The Labute approximate surface area is 94.3 Å². The molecular formula is C6H12IN5O2. The van der Waals surface area contributed by atoms with Crippen molar-refractivity contribution in [1.82, 2.24) is 5.32 Å². The van der Waals surface area contributed by atoms with Crippen LogP contribution < -0.4 is 28.3 Å². The first-order valence-corrected chi connectivity index (χ1v) is 4.78. The Balaban J connectivity index is 3.30. The van der Waals surface area contributed by atoms with Gasteiger partial charge in [0.1, 0.15) is 5.57 Å². The SMILES string of the molecule is CN[C@]1(N)OC(=O)/C(=C(/N)I)C1(N)N. The molecule has 0 aliphatic carbocycles. The third-order valence-electron chi connectivity index (χ3n) is 2.10. The smallest absolute Gasteiger partial charge is 0.343 e. The van der Waals surface area contributed by atoms with Gasteiger partial charge in [-0.3, -0.25) is 11.1 Å². The van der Waals surface area contributed by atoms with Gasteiger partial charge < -0.3 is 21.9 Å². The van der Waals surface area contributed by atoms with Crippen molar-refractivity contribution in [2.24, 2.45) is 22.9 Å². The van der Waals surface area contributed by atoms with Crippen molar-refractivity contribution >= 4 is 28.6 Å². The zero-order chi connectivity index (χ0) is 11.1. The highest BCUT2D eigenvalue weighted by Crippen LogP contribution is 2.31. The first-order valence-electron chi connectivity index (χ1n) is 3.71. The number of hydrogen-bond acceptors (Lipinski definition) is 7. The molecule has 0 bridgehead atoms. The molecule has 0 spiro atoms. The van der Waals surface area contributed by atoms with Gasteiger partial charge in [-0.05, 0) is 29.6 Å². The van der Waals surface area contributed by atoms with Gasteiger partial charge in [-0.1, -0.05) is 0 Å². The number of esters is 1. The van der Waals surface area contributed by atoms with E-state index in [9.17, 15) is 4.79 Å². The third-order valence-corrected chi connectivity index (χ3v) is 2.64. The number of hydrogen-bond donors (Lipinski definition) is 5. The van der Waals surface area contributed by atoms with Crippen LogP contribution in [0.2, 0.25) is 0 Å². The lowest BCUT2D eigenvalue weighted by atomic mass is 10.00. The summed E-state index contributed by atoms with van der Waals surface area (Å²) in [4.78, 5) is 11.4. The van der Waals surface area contributed by atoms with Gasteiger partial charge in [0.25, 0.3) is 5.85 Å². The Bertz CT molecular complexity index is 311. The average molecular weight is 313 g/mol. The van der Waals surface area contributed by atoms with E-state index in [1.54, 1.807) is 22.6 Å². The predicted molar refractivity (Wildman–Crippen MR) is 58.4 cm³/mol. The second-order valence-corrected chi connectivity index (χ2v) is 4.13. The van der Waals surface area contributed by atoms with Crippen molar-refractivity contribution in [3.63, 3.8) is 0 Å². The van der Waals surface area contributed by atoms with E-state index >= 15 is 0 Å². The van der Waals surface area contributed by atoms with E-state index in [4.69, 9.17) is 27.7 Å². The van der Waals surface area contributed by atoms with Gasteiger partial charge in [0, 0.05) is 0 Å². The number of nitrogens with one attached hydrogen (secondary N) is 1. The van der Waals surface area contributed by atoms with Crippen molar-refractivity contribution in [2.75, 3.05) is 7.05 Å². The fraction of sp³-hybridized carbons (Fsp3) is 0.500. The Morgan fingerprint density at radius 1 is 1.50 bits per heavy atom. The van der Waals surface area contributed by atoms with Gasteiger partial charge >= 0.3 is 5.97 Å². The van der Waals surface area contributed by atoms with Gasteiger partial charge in [-0.2, -0.15) is 0 Å². The molecule has 1 aliphatic rings. The summed E-state index contributed by atoms with van der Waals surface area (Å²) in [5, 5.41) is 2.54. The number of carbonyl (C=O) groups is 1. The summed E-state index contributed by atoms with van der Waals surface area (Å²) < 4.78 is 4.99. The predicted octanol–water partition coefficient (Wildman–Crippen LogP) is -2.41. The van der Waals surface area contributed by atoms with Crippen LogP contribution in [0.15, 0.2) is 9.28 Å². The van der Waals surface area contributed by atoms with Gasteiger partial charge in [-0.15, -0.1) is 0 Å². The first kappa shape index (κ1) is 11.7. The zero-order valence-electron chi connectivity index (χ0n) is 7.50. The second-order valence-electron chi connectivity index (χ2n) is 2.97. The molecule has 0 radical (unpaired) electrons. The van der Waals surface area contributed by atoms with Gasteiger partial charge in [0.05, 0.1) is 3.70 Å². The lowest BCUT2D eigenvalue weighted by Crippen LogP contribution is -2.75.